The van der Waals surface area contributed by atoms with Crippen molar-refractivity contribution in [1.29, 1.82) is 0 Å². The summed E-state index contributed by atoms with van der Waals surface area (Å²) < 4.78 is 19.1. The highest BCUT2D eigenvalue weighted by Crippen LogP contribution is 2.26. The molecule has 0 bridgehead atoms. The van der Waals surface area contributed by atoms with E-state index in [2.05, 4.69) is 5.32 Å². The molecule has 0 unspecified atom stereocenters. The first-order valence-electron chi connectivity index (χ1n) is 6.65. The Bertz CT molecular complexity index is 700. The normalized spacial score (nSPS) is 12.6. The maximum absolute atomic E-state index is 13.7. The summed E-state index contributed by atoms with van der Waals surface area (Å²) in [5, 5.41) is 11.9. The molecule has 2 aromatic carbocycles. The van der Waals surface area contributed by atoms with Gasteiger partial charge in [-0.05, 0) is 35.4 Å². The Labute approximate surface area is 121 Å². The van der Waals surface area contributed by atoms with E-state index in [1.807, 2.05) is 18.2 Å². The lowest BCUT2D eigenvalue weighted by Crippen LogP contribution is -2.04. The third kappa shape index (κ3) is 2.81. The summed E-state index contributed by atoms with van der Waals surface area (Å²) in [7, 11) is 0. The fourth-order valence-electron chi connectivity index (χ4n) is 2.34. The molecule has 0 saturated carbocycles. The van der Waals surface area contributed by atoms with Gasteiger partial charge in [0, 0.05) is 13.0 Å². The molecule has 2 N–H and O–H groups in total. The van der Waals surface area contributed by atoms with Gasteiger partial charge in [0.2, 0.25) is 0 Å². The molecule has 2 aromatic rings. The summed E-state index contributed by atoms with van der Waals surface area (Å²) in [6.45, 7) is 1.12. The van der Waals surface area contributed by atoms with Gasteiger partial charge in [-0.3, -0.25) is 0 Å². The summed E-state index contributed by atoms with van der Waals surface area (Å²) in [6, 6.07) is 9.54. The minimum Gasteiger partial charge on any atom is -0.493 e. The van der Waals surface area contributed by atoms with Crippen LogP contribution in [0.5, 0.6) is 5.75 Å². The Hall–Kier alpha value is -2.56. The number of hydrogen-bond donors (Lipinski definition) is 2. The van der Waals surface area contributed by atoms with Gasteiger partial charge in [0.05, 0.1) is 17.9 Å². The number of carboxylic acid groups (broad SMARTS) is 1. The van der Waals surface area contributed by atoms with Gasteiger partial charge in [0.1, 0.15) is 11.6 Å². The molecular formula is C16H14FNO3. The lowest BCUT2D eigenvalue weighted by atomic mass is 10.1. The molecule has 1 heterocycles. The maximum Gasteiger partial charge on any atom is 0.335 e. The van der Waals surface area contributed by atoms with Gasteiger partial charge in [-0.15, -0.1) is 0 Å². The second-order valence-electron chi connectivity index (χ2n) is 4.89. The zero-order chi connectivity index (χ0) is 14.8. The molecule has 0 fully saturated rings. The van der Waals surface area contributed by atoms with E-state index in [9.17, 15) is 9.18 Å². The first kappa shape index (κ1) is 13.4. The summed E-state index contributed by atoms with van der Waals surface area (Å²) in [6.07, 6.45) is 0.881. The molecule has 3 rings (SSSR count). The molecule has 0 aliphatic carbocycles. The van der Waals surface area contributed by atoms with Crippen LogP contribution in [0.25, 0.3) is 0 Å². The van der Waals surface area contributed by atoms with Crippen LogP contribution in [0.4, 0.5) is 10.1 Å². The van der Waals surface area contributed by atoms with Crippen LogP contribution in [0.1, 0.15) is 21.5 Å². The maximum atomic E-state index is 13.7. The first-order chi connectivity index (χ1) is 10.1. The molecule has 0 atom stereocenters. The first-order valence-corrected chi connectivity index (χ1v) is 6.65. The molecule has 0 aromatic heterocycles. The number of ether oxygens (including phenoxy) is 1. The molecule has 108 valence electrons. The van der Waals surface area contributed by atoms with Crippen molar-refractivity contribution in [2.45, 2.75) is 13.0 Å². The molecule has 0 saturated heterocycles. The Morgan fingerprint density at radius 2 is 2.14 bits per heavy atom. The zero-order valence-electron chi connectivity index (χ0n) is 11.2. The van der Waals surface area contributed by atoms with Gasteiger partial charge in [-0.1, -0.05) is 12.1 Å². The quantitative estimate of drug-likeness (QED) is 0.907. The number of aromatic carboxylic acids is 1. The average molecular weight is 287 g/mol. The Kier molecular flexibility index (Phi) is 3.48. The number of halogens is 1. The number of carboxylic acids is 1. The van der Waals surface area contributed by atoms with Crippen molar-refractivity contribution >= 4 is 11.7 Å². The van der Waals surface area contributed by atoms with Crippen molar-refractivity contribution in [3.05, 3.63) is 58.9 Å². The largest absolute Gasteiger partial charge is 0.493 e. The highest BCUT2D eigenvalue weighted by atomic mass is 19.1. The van der Waals surface area contributed by atoms with Crippen LogP contribution in [-0.4, -0.2) is 17.7 Å². The number of fused-ring (bicyclic) bond motifs is 1. The third-order valence-corrected chi connectivity index (χ3v) is 3.45. The predicted molar refractivity (Wildman–Crippen MR) is 76.3 cm³/mol. The lowest BCUT2D eigenvalue weighted by molar-refractivity contribution is 0.0697. The minimum absolute atomic E-state index is 0.0567. The predicted octanol–water partition coefficient (Wildman–Crippen LogP) is 3.07. The topological polar surface area (TPSA) is 58.6 Å². The average Bonchev–Trinajstić information content (AvgIpc) is 2.93. The summed E-state index contributed by atoms with van der Waals surface area (Å²) in [5.74, 6) is -0.643. The second-order valence-corrected chi connectivity index (χ2v) is 4.89. The van der Waals surface area contributed by atoms with E-state index >= 15 is 0 Å². The highest BCUT2D eigenvalue weighted by molar-refractivity contribution is 5.88. The van der Waals surface area contributed by atoms with Crippen LogP contribution in [0.15, 0.2) is 36.4 Å². The van der Waals surface area contributed by atoms with Gasteiger partial charge in [0.15, 0.2) is 0 Å². The van der Waals surface area contributed by atoms with Gasteiger partial charge >= 0.3 is 5.97 Å². The molecule has 5 heteroatoms. The fraction of sp³-hybridized carbons (Fsp3) is 0.188. The van der Waals surface area contributed by atoms with Crippen LogP contribution in [0.3, 0.4) is 0 Å². The standard InChI is InChI=1S/C16H14FNO3/c17-13-3-2-12(16(19)20)8-14(13)18-9-10-1-4-15-11(7-10)5-6-21-15/h1-4,7-8,18H,5-6,9H2,(H,19,20). The van der Waals surface area contributed by atoms with Crippen molar-refractivity contribution in [2.24, 2.45) is 0 Å². The number of rotatable bonds is 4. The Balaban J connectivity index is 1.75. The van der Waals surface area contributed by atoms with Crippen molar-refractivity contribution in [3.63, 3.8) is 0 Å². The number of anilines is 1. The van der Waals surface area contributed by atoms with E-state index in [4.69, 9.17) is 9.84 Å². The van der Waals surface area contributed by atoms with E-state index in [1.165, 1.54) is 12.1 Å². The summed E-state index contributed by atoms with van der Waals surface area (Å²) in [5.41, 5.74) is 2.39. The number of carbonyl (C=O) groups is 1. The summed E-state index contributed by atoms with van der Waals surface area (Å²) >= 11 is 0. The van der Waals surface area contributed by atoms with Crippen molar-refractivity contribution in [3.8, 4) is 5.75 Å². The van der Waals surface area contributed by atoms with Crippen LogP contribution >= 0.6 is 0 Å². The smallest absolute Gasteiger partial charge is 0.335 e. The minimum atomic E-state index is -1.08. The molecule has 0 amide bonds. The van der Waals surface area contributed by atoms with Crippen LogP contribution in [0.2, 0.25) is 0 Å². The zero-order valence-corrected chi connectivity index (χ0v) is 11.2. The van der Waals surface area contributed by atoms with E-state index in [1.54, 1.807) is 0 Å². The van der Waals surface area contributed by atoms with Crippen molar-refractivity contribution in [1.82, 2.24) is 0 Å². The van der Waals surface area contributed by atoms with Crippen LogP contribution in [0, 0.1) is 5.82 Å². The van der Waals surface area contributed by atoms with Crippen LogP contribution in [-0.2, 0) is 13.0 Å². The molecule has 0 spiro atoms. The van der Waals surface area contributed by atoms with Gasteiger partial charge < -0.3 is 15.2 Å². The molecular weight excluding hydrogens is 273 g/mol. The van der Waals surface area contributed by atoms with E-state index in [0.717, 1.165) is 29.4 Å². The van der Waals surface area contributed by atoms with E-state index in [-0.39, 0.29) is 11.3 Å². The molecule has 4 nitrogen and oxygen atoms in total. The van der Waals surface area contributed by atoms with Gasteiger partial charge in [-0.2, -0.15) is 0 Å². The Morgan fingerprint density at radius 3 is 2.95 bits per heavy atom. The van der Waals surface area contributed by atoms with Gasteiger partial charge in [-0.25, -0.2) is 9.18 Å². The third-order valence-electron chi connectivity index (χ3n) is 3.45. The lowest BCUT2D eigenvalue weighted by Gasteiger charge is -2.09. The summed E-state index contributed by atoms with van der Waals surface area (Å²) in [4.78, 5) is 10.9. The van der Waals surface area contributed by atoms with Crippen LogP contribution < -0.4 is 10.1 Å². The number of hydrogen-bond acceptors (Lipinski definition) is 3. The second kappa shape index (κ2) is 5.44. The molecule has 0 radical (unpaired) electrons. The molecule has 1 aliphatic rings. The van der Waals surface area contributed by atoms with E-state index in [0.29, 0.717) is 13.2 Å². The number of benzene rings is 2. The van der Waals surface area contributed by atoms with Crippen molar-refractivity contribution < 1.29 is 19.0 Å². The SMILES string of the molecule is O=C(O)c1ccc(F)c(NCc2ccc3c(c2)CCO3)c1. The fourth-order valence-corrected chi connectivity index (χ4v) is 2.34. The van der Waals surface area contributed by atoms with E-state index < -0.39 is 11.8 Å². The highest BCUT2D eigenvalue weighted by Gasteiger charge is 2.12. The monoisotopic (exact) mass is 287 g/mol. The molecule has 21 heavy (non-hydrogen) atoms. The Morgan fingerprint density at radius 1 is 1.29 bits per heavy atom. The number of nitrogens with one attached hydrogen (secondary N) is 1. The molecule has 1 aliphatic heterocycles. The van der Waals surface area contributed by atoms with Gasteiger partial charge in [0.25, 0.3) is 0 Å². The van der Waals surface area contributed by atoms with Crippen molar-refractivity contribution in [2.75, 3.05) is 11.9 Å².